The molecule has 4 aromatic rings. The lowest BCUT2D eigenvalue weighted by Gasteiger charge is -2.36. The minimum Gasteiger partial charge on any atom is -0.353 e. The van der Waals surface area contributed by atoms with Gasteiger partial charge in [0.2, 0.25) is 0 Å². The molecule has 0 amide bonds. The summed E-state index contributed by atoms with van der Waals surface area (Å²) >= 11 is 1.47. The lowest BCUT2D eigenvalue weighted by Crippen LogP contribution is -2.46. The van der Waals surface area contributed by atoms with Crippen LogP contribution in [0.2, 0.25) is 0 Å². The lowest BCUT2D eigenvalue weighted by molar-refractivity contribution is -0.140. The van der Waals surface area contributed by atoms with E-state index in [1.165, 1.54) is 29.5 Å². The minimum absolute atomic E-state index is 0.252. The minimum atomic E-state index is -4.52. The van der Waals surface area contributed by atoms with Crippen molar-refractivity contribution in [3.05, 3.63) is 76.5 Å². The van der Waals surface area contributed by atoms with E-state index < -0.39 is 11.9 Å². The average molecular weight is 473 g/mol. The largest absolute Gasteiger partial charge is 0.433 e. The van der Waals surface area contributed by atoms with Crippen LogP contribution in [0.4, 0.5) is 23.4 Å². The molecule has 9 heteroatoms. The van der Waals surface area contributed by atoms with Gasteiger partial charge in [0.15, 0.2) is 0 Å². The van der Waals surface area contributed by atoms with Gasteiger partial charge in [0.1, 0.15) is 17.3 Å². The van der Waals surface area contributed by atoms with Gasteiger partial charge < -0.3 is 4.90 Å². The van der Waals surface area contributed by atoms with Crippen molar-refractivity contribution in [2.75, 3.05) is 31.1 Å². The number of hydrogen-bond acceptors (Lipinski definition) is 5. The Labute approximate surface area is 192 Å². The number of thiophene rings is 1. The summed E-state index contributed by atoms with van der Waals surface area (Å²) in [6, 6.07) is 10.9. The van der Waals surface area contributed by atoms with Crippen molar-refractivity contribution in [2.45, 2.75) is 12.7 Å². The summed E-state index contributed by atoms with van der Waals surface area (Å²) in [6.07, 6.45) is -2.90. The molecule has 0 aliphatic carbocycles. The van der Waals surface area contributed by atoms with E-state index in [0.29, 0.717) is 41.9 Å². The van der Waals surface area contributed by atoms with Gasteiger partial charge in [-0.15, -0.1) is 0 Å². The average Bonchev–Trinajstić information content (AvgIpc) is 3.33. The summed E-state index contributed by atoms with van der Waals surface area (Å²) in [4.78, 5) is 13.0. The molecule has 170 valence electrons. The first kappa shape index (κ1) is 21.8. The maximum Gasteiger partial charge on any atom is 0.433 e. The summed E-state index contributed by atoms with van der Waals surface area (Å²) in [5.41, 5.74) is 1.69. The zero-order valence-corrected chi connectivity index (χ0v) is 18.3. The van der Waals surface area contributed by atoms with E-state index in [1.807, 2.05) is 22.9 Å². The molecule has 0 spiro atoms. The SMILES string of the molecule is Fc1cccc(CN2CCN(c3ncc(-c4ccsc4)c4nc(C(F)(F)F)ccc34)CC2)c1. The highest BCUT2D eigenvalue weighted by Gasteiger charge is 2.33. The smallest absolute Gasteiger partial charge is 0.353 e. The molecular formula is C24H20F4N4S. The van der Waals surface area contributed by atoms with Gasteiger partial charge >= 0.3 is 6.18 Å². The number of fused-ring (bicyclic) bond motifs is 1. The highest BCUT2D eigenvalue weighted by atomic mass is 32.1. The fourth-order valence-corrected chi connectivity index (χ4v) is 4.81. The van der Waals surface area contributed by atoms with E-state index in [0.717, 1.165) is 30.3 Å². The molecule has 1 saturated heterocycles. The quantitative estimate of drug-likeness (QED) is 0.350. The molecule has 5 rings (SSSR count). The standard InChI is InChI=1S/C24H20F4N4S/c25-18-3-1-2-16(12-18)14-31-7-9-32(10-8-31)23-19-4-5-21(24(26,27)28)30-22(19)20(13-29-23)17-6-11-33-15-17/h1-6,11-13,15H,7-10,14H2. The first-order valence-electron chi connectivity index (χ1n) is 10.5. The first-order valence-corrected chi connectivity index (χ1v) is 11.4. The molecule has 0 N–H and O–H groups in total. The van der Waals surface area contributed by atoms with Crippen molar-refractivity contribution >= 4 is 28.1 Å². The monoisotopic (exact) mass is 472 g/mol. The van der Waals surface area contributed by atoms with Gasteiger partial charge in [-0.05, 0) is 52.2 Å². The highest BCUT2D eigenvalue weighted by molar-refractivity contribution is 7.08. The molecule has 33 heavy (non-hydrogen) atoms. The lowest BCUT2D eigenvalue weighted by atomic mass is 10.1. The second-order valence-corrected chi connectivity index (χ2v) is 8.77. The van der Waals surface area contributed by atoms with Crippen LogP contribution in [0.25, 0.3) is 22.0 Å². The molecule has 0 saturated carbocycles. The van der Waals surface area contributed by atoms with Crippen molar-refractivity contribution in [1.29, 1.82) is 0 Å². The second kappa shape index (κ2) is 8.72. The van der Waals surface area contributed by atoms with Gasteiger partial charge in [0, 0.05) is 49.9 Å². The Hall–Kier alpha value is -3.04. The number of anilines is 1. The fraction of sp³-hybridized carbons (Fsp3) is 0.250. The summed E-state index contributed by atoms with van der Waals surface area (Å²) in [5, 5.41) is 4.36. The van der Waals surface area contributed by atoms with Gasteiger partial charge in [-0.1, -0.05) is 12.1 Å². The second-order valence-electron chi connectivity index (χ2n) is 7.99. The molecule has 4 heterocycles. The zero-order chi connectivity index (χ0) is 23.0. The normalized spacial score (nSPS) is 15.3. The van der Waals surface area contributed by atoms with Crippen LogP contribution in [0.1, 0.15) is 11.3 Å². The van der Waals surface area contributed by atoms with Crippen molar-refractivity contribution < 1.29 is 17.6 Å². The highest BCUT2D eigenvalue weighted by Crippen LogP contribution is 2.36. The van der Waals surface area contributed by atoms with E-state index in [2.05, 4.69) is 19.8 Å². The van der Waals surface area contributed by atoms with Gasteiger partial charge in [-0.2, -0.15) is 24.5 Å². The van der Waals surface area contributed by atoms with Gasteiger partial charge in [-0.25, -0.2) is 14.4 Å². The van der Waals surface area contributed by atoms with E-state index in [4.69, 9.17) is 0 Å². The molecular weight excluding hydrogens is 452 g/mol. The number of benzene rings is 1. The van der Waals surface area contributed by atoms with Crippen molar-refractivity contribution in [3.8, 4) is 11.1 Å². The Morgan fingerprint density at radius 3 is 2.52 bits per heavy atom. The van der Waals surface area contributed by atoms with Crippen LogP contribution < -0.4 is 4.90 Å². The molecule has 1 fully saturated rings. The number of piperazine rings is 1. The molecule has 4 nitrogen and oxygen atoms in total. The Bertz CT molecular complexity index is 1270. The molecule has 1 aliphatic heterocycles. The molecule has 3 aromatic heterocycles. The Morgan fingerprint density at radius 1 is 1.00 bits per heavy atom. The summed E-state index contributed by atoms with van der Waals surface area (Å²) < 4.78 is 53.6. The fourth-order valence-electron chi connectivity index (χ4n) is 4.15. The van der Waals surface area contributed by atoms with Gasteiger partial charge in [-0.3, -0.25) is 4.90 Å². The van der Waals surface area contributed by atoms with Crippen LogP contribution in [0.15, 0.2) is 59.4 Å². The van der Waals surface area contributed by atoms with Crippen LogP contribution in [-0.2, 0) is 12.7 Å². The number of pyridine rings is 2. The Morgan fingerprint density at radius 2 is 1.82 bits per heavy atom. The van der Waals surface area contributed by atoms with Crippen LogP contribution in [-0.4, -0.2) is 41.0 Å². The van der Waals surface area contributed by atoms with Crippen molar-refractivity contribution in [1.82, 2.24) is 14.9 Å². The molecule has 0 radical (unpaired) electrons. The predicted octanol–water partition coefficient (Wildman–Crippen LogP) is 5.84. The Kier molecular flexibility index (Phi) is 5.76. The van der Waals surface area contributed by atoms with Gasteiger partial charge in [0.25, 0.3) is 0 Å². The molecule has 1 aromatic carbocycles. The third-order valence-corrected chi connectivity index (χ3v) is 6.48. The molecule has 1 aliphatic rings. The number of nitrogens with zero attached hydrogens (tertiary/aromatic N) is 4. The predicted molar refractivity (Wildman–Crippen MR) is 122 cm³/mol. The number of rotatable bonds is 4. The maximum absolute atomic E-state index is 13.5. The van der Waals surface area contributed by atoms with E-state index in [9.17, 15) is 17.6 Å². The molecule has 0 unspecified atom stereocenters. The third kappa shape index (κ3) is 4.56. The van der Waals surface area contributed by atoms with Gasteiger partial charge in [0.05, 0.1) is 5.52 Å². The van der Waals surface area contributed by atoms with Crippen LogP contribution >= 0.6 is 11.3 Å². The number of halogens is 4. The van der Waals surface area contributed by atoms with E-state index in [-0.39, 0.29) is 5.82 Å². The van der Waals surface area contributed by atoms with Crippen LogP contribution in [0, 0.1) is 5.82 Å². The zero-order valence-electron chi connectivity index (χ0n) is 17.5. The first-order chi connectivity index (χ1) is 15.9. The Balaban J connectivity index is 1.43. The van der Waals surface area contributed by atoms with Crippen LogP contribution in [0.3, 0.4) is 0 Å². The number of alkyl halides is 3. The third-order valence-electron chi connectivity index (χ3n) is 5.80. The molecule has 0 atom stereocenters. The number of hydrogen-bond donors (Lipinski definition) is 0. The summed E-state index contributed by atoms with van der Waals surface area (Å²) in [7, 11) is 0. The van der Waals surface area contributed by atoms with E-state index >= 15 is 0 Å². The summed E-state index contributed by atoms with van der Waals surface area (Å²) in [5.74, 6) is 0.383. The van der Waals surface area contributed by atoms with Crippen molar-refractivity contribution in [2.24, 2.45) is 0 Å². The van der Waals surface area contributed by atoms with E-state index in [1.54, 1.807) is 12.3 Å². The van der Waals surface area contributed by atoms with Crippen molar-refractivity contribution in [3.63, 3.8) is 0 Å². The topological polar surface area (TPSA) is 32.3 Å². The summed E-state index contributed by atoms with van der Waals surface area (Å²) in [6.45, 7) is 3.44. The number of aromatic nitrogens is 2. The van der Waals surface area contributed by atoms with Crippen LogP contribution in [0.5, 0.6) is 0 Å². The maximum atomic E-state index is 13.5. The molecule has 0 bridgehead atoms.